The second-order valence-corrected chi connectivity index (χ2v) is 5.89. The van der Waals surface area contributed by atoms with E-state index in [1.165, 1.54) is 20.3 Å². The molecule has 3 aromatic rings. The van der Waals surface area contributed by atoms with Crippen LogP contribution in [0.5, 0.6) is 17.2 Å². The van der Waals surface area contributed by atoms with E-state index in [-0.39, 0.29) is 23.5 Å². The number of rotatable bonds is 6. The number of benzene rings is 3. The second kappa shape index (κ2) is 7.91. The van der Waals surface area contributed by atoms with Crippen LogP contribution in [-0.2, 0) is 4.79 Å². The highest BCUT2D eigenvalue weighted by atomic mass is 16.5. The molecule has 0 aliphatic rings. The van der Waals surface area contributed by atoms with Gasteiger partial charge in [0.2, 0.25) is 0 Å². The van der Waals surface area contributed by atoms with Crippen molar-refractivity contribution in [2.75, 3.05) is 14.2 Å². The van der Waals surface area contributed by atoms with Gasteiger partial charge in [0.25, 0.3) is 0 Å². The maximum atomic E-state index is 13.3. The van der Waals surface area contributed by atoms with E-state index >= 15 is 0 Å². The topological polar surface area (TPSA) is 61.8 Å². The Bertz CT molecular complexity index is 1000. The number of methoxy groups -OCH3 is 2. The van der Waals surface area contributed by atoms with Gasteiger partial charge >= 0.3 is 5.97 Å². The van der Waals surface area contributed by atoms with Crippen molar-refractivity contribution < 1.29 is 23.8 Å². The van der Waals surface area contributed by atoms with E-state index in [9.17, 15) is 9.59 Å². The lowest BCUT2D eigenvalue weighted by Gasteiger charge is -2.15. The van der Waals surface area contributed by atoms with Crippen molar-refractivity contribution >= 4 is 22.5 Å². The minimum atomic E-state index is -0.436. The van der Waals surface area contributed by atoms with Crippen LogP contribution in [-0.4, -0.2) is 26.0 Å². The Balaban J connectivity index is 2.18. The Morgan fingerprint density at radius 3 is 2.19 bits per heavy atom. The van der Waals surface area contributed by atoms with Gasteiger partial charge in [-0.15, -0.1) is 0 Å². The normalized spacial score (nSPS) is 10.5. The van der Waals surface area contributed by atoms with Crippen molar-refractivity contribution in [1.82, 2.24) is 0 Å². The zero-order chi connectivity index (χ0) is 19.4. The summed E-state index contributed by atoms with van der Waals surface area (Å²) < 4.78 is 16.0. The third-order valence-electron chi connectivity index (χ3n) is 4.28. The standard InChI is InChI=1S/C22H20O5/c1-4-21(23)27-18-13-20(26-3)19(25-2)12-17(18)22(24)16-11-7-9-14-8-5-6-10-15(14)16/h5-13H,4H2,1-3H3. The number of carbonyl (C=O) groups excluding carboxylic acids is 2. The number of fused-ring (bicyclic) bond motifs is 1. The lowest BCUT2D eigenvalue weighted by atomic mass is 9.96. The Kier molecular flexibility index (Phi) is 5.41. The SMILES string of the molecule is CCC(=O)Oc1cc(OC)c(OC)cc1C(=O)c1cccc2ccccc12. The smallest absolute Gasteiger partial charge is 0.310 e. The van der Waals surface area contributed by atoms with Crippen LogP contribution >= 0.6 is 0 Å². The van der Waals surface area contributed by atoms with Crippen molar-refractivity contribution in [2.45, 2.75) is 13.3 Å². The number of ether oxygens (including phenoxy) is 3. The Morgan fingerprint density at radius 1 is 0.815 bits per heavy atom. The summed E-state index contributed by atoms with van der Waals surface area (Å²) in [4.78, 5) is 25.2. The maximum Gasteiger partial charge on any atom is 0.310 e. The molecule has 0 aliphatic heterocycles. The molecule has 0 saturated heterocycles. The van der Waals surface area contributed by atoms with E-state index in [1.807, 2.05) is 36.4 Å². The molecule has 0 spiro atoms. The molecule has 0 amide bonds. The predicted octanol–water partition coefficient (Wildman–Crippen LogP) is 4.40. The van der Waals surface area contributed by atoms with E-state index in [0.29, 0.717) is 17.1 Å². The summed E-state index contributed by atoms with van der Waals surface area (Å²) in [5, 5.41) is 1.78. The molecule has 0 fully saturated rings. The van der Waals surface area contributed by atoms with Crippen LogP contribution in [0.1, 0.15) is 29.3 Å². The Hall–Kier alpha value is -3.34. The van der Waals surface area contributed by atoms with E-state index in [4.69, 9.17) is 14.2 Å². The minimum absolute atomic E-state index is 0.150. The zero-order valence-corrected chi connectivity index (χ0v) is 15.4. The fraction of sp³-hybridized carbons (Fsp3) is 0.182. The molecule has 27 heavy (non-hydrogen) atoms. The third kappa shape index (κ3) is 3.62. The van der Waals surface area contributed by atoms with Gasteiger partial charge in [0.05, 0.1) is 19.8 Å². The van der Waals surface area contributed by atoms with Gasteiger partial charge in [-0.3, -0.25) is 9.59 Å². The lowest BCUT2D eigenvalue weighted by molar-refractivity contribution is -0.134. The van der Waals surface area contributed by atoms with Gasteiger partial charge in [-0.1, -0.05) is 49.4 Å². The number of ketones is 1. The molecule has 0 N–H and O–H groups in total. The summed E-state index contributed by atoms with van der Waals surface area (Å²) in [5.41, 5.74) is 0.764. The number of carbonyl (C=O) groups is 2. The van der Waals surface area contributed by atoms with E-state index in [0.717, 1.165) is 10.8 Å². The van der Waals surface area contributed by atoms with Gasteiger partial charge in [-0.05, 0) is 16.8 Å². The van der Waals surface area contributed by atoms with Crippen molar-refractivity contribution in [3.05, 3.63) is 65.7 Å². The first kappa shape index (κ1) is 18.5. The summed E-state index contributed by atoms with van der Waals surface area (Å²) in [6.45, 7) is 1.69. The van der Waals surface area contributed by atoms with Gasteiger partial charge in [0, 0.05) is 18.1 Å². The summed E-state index contributed by atoms with van der Waals surface area (Å²) in [6.07, 6.45) is 0.191. The van der Waals surface area contributed by atoms with Crippen LogP contribution in [0.4, 0.5) is 0 Å². The molecular weight excluding hydrogens is 344 g/mol. The van der Waals surface area contributed by atoms with Gasteiger partial charge < -0.3 is 14.2 Å². The molecule has 5 heteroatoms. The molecule has 3 rings (SSSR count). The first-order chi connectivity index (χ1) is 13.1. The van der Waals surface area contributed by atoms with Crippen LogP contribution < -0.4 is 14.2 Å². The Labute approximate surface area is 157 Å². The fourth-order valence-corrected chi connectivity index (χ4v) is 2.89. The third-order valence-corrected chi connectivity index (χ3v) is 4.28. The molecule has 0 atom stereocenters. The average Bonchev–Trinajstić information content (AvgIpc) is 2.72. The summed E-state index contributed by atoms with van der Waals surface area (Å²) in [7, 11) is 2.97. The molecule has 0 saturated carbocycles. The number of esters is 1. The van der Waals surface area contributed by atoms with Crippen molar-refractivity contribution in [2.24, 2.45) is 0 Å². The fourth-order valence-electron chi connectivity index (χ4n) is 2.89. The van der Waals surface area contributed by atoms with Crippen LogP contribution in [0.3, 0.4) is 0 Å². The monoisotopic (exact) mass is 364 g/mol. The molecule has 0 aliphatic carbocycles. The first-order valence-corrected chi connectivity index (χ1v) is 8.58. The van der Waals surface area contributed by atoms with E-state index in [2.05, 4.69) is 0 Å². The molecule has 138 valence electrons. The molecule has 5 nitrogen and oxygen atoms in total. The van der Waals surface area contributed by atoms with Crippen molar-refractivity contribution in [3.63, 3.8) is 0 Å². The van der Waals surface area contributed by atoms with Crippen LogP contribution in [0.2, 0.25) is 0 Å². The molecule has 0 radical (unpaired) electrons. The van der Waals surface area contributed by atoms with Crippen LogP contribution in [0.25, 0.3) is 10.8 Å². The van der Waals surface area contributed by atoms with Gasteiger partial charge in [-0.2, -0.15) is 0 Å². The molecular formula is C22H20O5. The highest BCUT2D eigenvalue weighted by Gasteiger charge is 2.22. The highest BCUT2D eigenvalue weighted by Crippen LogP contribution is 2.36. The van der Waals surface area contributed by atoms with Gasteiger partial charge in [-0.25, -0.2) is 0 Å². The van der Waals surface area contributed by atoms with Crippen LogP contribution in [0.15, 0.2) is 54.6 Å². The van der Waals surface area contributed by atoms with Crippen molar-refractivity contribution in [3.8, 4) is 17.2 Å². The lowest BCUT2D eigenvalue weighted by Crippen LogP contribution is -2.11. The molecule has 0 bridgehead atoms. The molecule has 0 heterocycles. The average molecular weight is 364 g/mol. The van der Waals surface area contributed by atoms with E-state index < -0.39 is 5.97 Å². The number of hydrogen-bond acceptors (Lipinski definition) is 5. The zero-order valence-electron chi connectivity index (χ0n) is 15.4. The summed E-state index contributed by atoms with van der Waals surface area (Å²) in [6, 6.07) is 16.2. The van der Waals surface area contributed by atoms with E-state index in [1.54, 1.807) is 19.1 Å². The maximum absolute atomic E-state index is 13.3. The van der Waals surface area contributed by atoms with Gasteiger partial charge in [0.15, 0.2) is 17.3 Å². The minimum Gasteiger partial charge on any atom is -0.493 e. The molecule has 0 unspecified atom stereocenters. The Morgan fingerprint density at radius 2 is 1.48 bits per heavy atom. The molecule has 0 aromatic heterocycles. The second-order valence-electron chi connectivity index (χ2n) is 5.89. The van der Waals surface area contributed by atoms with Crippen molar-refractivity contribution in [1.29, 1.82) is 0 Å². The quantitative estimate of drug-likeness (QED) is 0.368. The number of hydrogen-bond donors (Lipinski definition) is 0. The van der Waals surface area contributed by atoms with Gasteiger partial charge in [0.1, 0.15) is 5.75 Å². The first-order valence-electron chi connectivity index (χ1n) is 8.58. The largest absolute Gasteiger partial charge is 0.493 e. The highest BCUT2D eigenvalue weighted by molar-refractivity contribution is 6.18. The summed E-state index contributed by atoms with van der Waals surface area (Å²) >= 11 is 0. The molecule has 3 aromatic carbocycles. The summed E-state index contributed by atoms with van der Waals surface area (Å²) in [5.74, 6) is 0.224. The predicted molar refractivity (Wildman–Crippen MR) is 103 cm³/mol. The van der Waals surface area contributed by atoms with Crippen LogP contribution in [0, 0.1) is 0 Å².